The lowest BCUT2D eigenvalue weighted by Gasteiger charge is -2.09. The third kappa shape index (κ3) is 5.65. The van der Waals surface area contributed by atoms with Crippen LogP contribution in [0.3, 0.4) is 0 Å². The summed E-state index contributed by atoms with van der Waals surface area (Å²) in [5, 5.41) is 12.2. The van der Waals surface area contributed by atoms with Gasteiger partial charge in [-0.2, -0.15) is 0 Å². The minimum Gasteiger partial charge on any atom is -0.383 e. The molecule has 2 aromatic rings. The van der Waals surface area contributed by atoms with E-state index in [9.17, 15) is 4.79 Å². The van der Waals surface area contributed by atoms with Gasteiger partial charge in [-0.15, -0.1) is 10.2 Å². The molecule has 0 aliphatic rings. The molecule has 1 heterocycles. The van der Waals surface area contributed by atoms with E-state index < -0.39 is 0 Å². The number of carbonyl (C=O) groups is 1. The Balaban J connectivity index is 1.98. The molecule has 7 heteroatoms. The van der Waals surface area contributed by atoms with Crippen LogP contribution >= 0.6 is 11.8 Å². The smallest absolute Gasteiger partial charge is 0.230 e. The number of benzene rings is 1. The highest BCUT2D eigenvalue weighted by atomic mass is 32.2. The Morgan fingerprint density at radius 3 is 2.79 bits per heavy atom. The Labute approximate surface area is 147 Å². The Kier molecular flexibility index (Phi) is 7.77. The van der Waals surface area contributed by atoms with Crippen molar-refractivity contribution in [2.75, 3.05) is 26.0 Å². The van der Waals surface area contributed by atoms with E-state index >= 15 is 0 Å². The zero-order valence-corrected chi connectivity index (χ0v) is 15.0. The molecule has 0 aliphatic carbocycles. The van der Waals surface area contributed by atoms with E-state index in [1.165, 1.54) is 17.3 Å². The molecular formula is C17H24N4O2S. The monoisotopic (exact) mass is 348 g/mol. The van der Waals surface area contributed by atoms with Crippen molar-refractivity contribution in [3.63, 3.8) is 0 Å². The second-order valence-corrected chi connectivity index (χ2v) is 6.29. The summed E-state index contributed by atoms with van der Waals surface area (Å²) >= 11 is 1.42. The molecule has 0 bridgehead atoms. The average molecular weight is 348 g/mol. The minimum absolute atomic E-state index is 0.0206. The Morgan fingerprint density at radius 2 is 2.08 bits per heavy atom. The van der Waals surface area contributed by atoms with Crippen molar-refractivity contribution in [3.05, 3.63) is 41.7 Å². The summed E-state index contributed by atoms with van der Waals surface area (Å²) in [5.74, 6) is 1.25. The van der Waals surface area contributed by atoms with Gasteiger partial charge in [0, 0.05) is 26.6 Å². The Bertz CT molecular complexity index is 631. The predicted molar refractivity (Wildman–Crippen MR) is 95.2 cm³/mol. The van der Waals surface area contributed by atoms with E-state index in [0.717, 1.165) is 30.4 Å². The van der Waals surface area contributed by atoms with Crippen molar-refractivity contribution in [3.8, 4) is 0 Å². The zero-order valence-electron chi connectivity index (χ0n) is 14.2. The maximum atomic E-state index is 11.8. The Hall–Kier alpha value is -1.86. The maximum absolute atomic E-state index is 11.8. The van der Waals surface area contributed by atoms with Gasteiger partial charge in [0.25, 0.3) is 0 Å². The Morgan fingerprint density at radius 1 is 1.29 bits per heavy atom. The lowest BCUT2D eigenvalue weighted by molar-refractivity contribution is -0.118. The first-order valence-corrected chi connectivity index (χ1v) is 9.07. The van der Waals surface area contributed by atoms with Gasteiger partial charge in [-0.1, -0.05) is 49.0 Å². The van der Waals surface area contributed by atoms with E-state index in [1.54, 1.807) is 7.11 Å². The third-order valence-corrected chi connectivity index (χ3v) is 4.37. The predicted octanol–water partition coefficient (Wildman–Crippen LogP) is 2.13. The highest BCUT2D eigenvalue weighted by Gasteiger charge is 2.14. The second-order valence-electron chi connectivity index (χ2n) is 5.34. The lowest BCUT2D eigenvalue weighted by Crippen LogP contribution is -2.28. The zero-order chi connectivity index (χ0) is 17.2. The summed E-state index contributed by atoms with van der Waals surface area (Å²) in [6.45, 7) is 4.02. The van der Waals surface area contributed by atoms with Crippen LogP contribution in [0.4, 0.5) is 0 Å². The van der Waals surface area contributed by atoms with Gasteiger partial charge in [0.1, 0.15) is 5.82 Å². The summed E-state index contributed by atoms with van der Waals surface area (Å²) in [6.07, 6.45) is 1.74. The van der Waals surface area contributed by atoms with Crippen molar-refractivity contribution in [1.82, 2.24) is 20.1 Å². The molecule has 0 saturated heterocycles. The molecule has 2 rings (SSSR count). The fourth-order valence-electron chi connectivity index (χ4n) is 2.26. The molecule has 130 valence electrons. The van der Waals surface area contributed by atoms with Crippen LogP contribution < -0.4 is 5.32 Å². The number of thioether (sulfide) groups is 1. The highest BCUT2D eigenvalue weighted by molar-refractivity contribution is 7.99. The highest BCUT2D eigenvalue weighted by Crippen LogP contribution is 2.19. The number of rotatable bonds is 10. The minimum atomic E-state index is -0.0206. The number of nitrogens with one attached hydrogen (secondary N) is 1. The molecule has 0 spiro atoms. The van der Waals surface area contributed by atoms with E-state index in [4.69, 9.17) is 4.74 Å². The number of nitrogens with zero attached hydrogens (tertiary/aromatic N) is 3. The second kappa shape index (κ2) is 10.1. The van der Waals surface area contributed by atoms with E-state index in [2.05, 4.69) is 39.1 Å². The number of hydrogen-bond acceptors (Lipinski definition) is 5. The average Bonchev–Trinajstić information content (AvgIpc) is 2.96. The molecule has 24 heavy (non-hydrogen) atoms. The first kappa shape index (κ1) is 18.5. The molecule has 6 nitrogen and oxygen atoms in total. The lowest BCUT2D eigenvalue weighted by atomic mass is 10.1. The quantitative estimate of drug-likeness (QED) is 0.526. The first-order chi connectivity index (χ1) is 11.7. The van der Waals surface area contributed by atoms with Crippen LogP contribution in [0.2, 0.25) is 0 Å². The molecule has 1 amide bonds. The number of methoxy groups -OCH3 is 1. The van der Waals surface area contributed by atoms with Crippen LogP contribution in [0.1, 0.15) is 24.7 Å². The fourth-order valence-corrected chi connectivity index (χ4v) is 3.07. The van der Waals surface area contributed by atoms with Crippen molar-refractivity contribution >= 4 is 17.7 Å². The standard InChI is InChI=1S/C17H24N4O2S/c1-3-10-21-15(12-14-7-5-4-6-8-14)19-20-17(21)24-13-16(22)18-9-11-23-2/h4-8H,3,9-13H2,1-2H3,(H,18,22). The molecule has 0 saturated carbocycles. The fraction of sp³-hybridized carbons (Fsp3) is 0.471. The molecule has 0 radical (unpaired) electrons. The van der Waals surface area contributed by atoms with Crippen LogP contribution in [0.5, 0.6) is 0 Å². The number of amides is 1. The van der Waals surface area contributed by atoms with Gasteiger partial charge < -0.3 is 14.6 Å². The van der Waals surface area contributed by atoms with Gasteiger partial charge in [0.05, 0.1) is 12.4 Å². The van der Waals surface area contributed by atoms with Crippen LogP contribution in [-0.4, -0.2) is 46.7 Å². The molecular weight excluding hydrogens is 324 g/mol. The maximum Gasteiger partial charge on any atom is 0.230 e. The molecule has 1 aromatic carbocycles. The van der Waals surface area contributed by atoms with Crippen LogP contribution in [0.15, 0.2) is 35.5 Å². The van der Waals surface area contributed by atoms with Crippen molar-refractivity contribution in [2.45, 2.75) is 31.5 Å². The molecule has 0 unspecified atom stereocenters. The van der Waals surface area contributed by atoms with Crippen LogP contribution in [0, 0.1) is 0 Å². The van der Waals surface area contributed by atoms with E-state index in [-0.39, 0.29) is 5.91 Å². The topological polar surface area (TPSA) is 69.0 Å². The van der Waals surface area contributed by atoms with E-state index in [1.807, 2.05) is 18.2 Å². The normalized spacial score (nSPS) is 10.8. The summed E-state index contributed by atoms with van der Waals surface area (Å²) in [7, 11) is 1.61. The van der Waals surface area contributed by atoms with Crippen molar-refractivity contribution < 1.29 is 9.53 Å². The molecule has 0 atom stereocenters. The van der Waals surface area contributed by atoms with Gasteiger partial charge in [-0.25, -0.2) is 0 Å². The summed E-state index contributed by atoms with van der Waals surface area (Å²) < 4.78 is 7.03. The molecule has 1 N–H and O–H groups in total. The van der Waals surface area contributed by atoms with Gasteiger partial charge in [0.15, 0.2) is 5.16 Å². The number of ether oxygens (including phenoxy) is 1. The summed E-state index contributed by atoms with van der Waals surface area (Å²) in [5.41, 5.74) is 1.20. The van der Waals surface area contributed by atoms with Crippen molar-refractivity contribution in [2.24, 2.45) is 0 Å². The van der Waals surface area contributed by atoms with Gasteiger partial charge in [-0.3, -0.25) is 4.79 Å². The number of hydrogen-bond donors (Lipinski definition) is 1. The van der Waals surface area contributed by atoms with E-state index in [0.29, 0.717) is 18.9 Å². The van der Waals surface area contributed by atoms with Gasteiger partial charge in [0.2, 0.25) is 5.91 Å². The summed E-state index contributed by atoms with van der Waals surface area (Å²) in [4.78, 5) is 11.8. The van der Waals surface area contributed by atoms with Crippen LogP contribution in [-0.2, 0) is 22.5 Å². The summed E-state index contributed by atoms with van der Waals surface area (Å²) in [6, 6.07) is 10.2. The first-order valence-electron chi connectivity index (χ1n) is 8.09. The number of carbonyl (C=O) groups excluding carboxylic acids is 1. The van der Waals surface area contributed by atoms with Gasteiger partial charge in [-0.05, 0) is 12.0 Å². The SMILES string of the molecule is CCCn1c(Cc2ccccc2)nnc1SCC(=O)NCCOC. The third-order valence-electron chi connectivity index (χ3n) is 3.41. The molecule has 0 aliphatic heterocycles. The van der Waals surface area contributed by atoms with Crippen molar-refractivity contribution in [1.29, 1.82) is 0 Å². The number of aromatic nitrogens is 3. The molecule has 1 aromatic heterocycles. The van der Waals surface area contributed by atoms with Crippen LogP contribution in [0.25, 0.3) is 0 Å². The molecule has 0 fully saturated rings. The largest absolute Gasteiger partial charge is 0.383 e. The van der Waals surface area contributed by atoms with Gasteiger partial charge >= 0.3 is 0 Å².